The van der Waals surface area contributed by atoms with E-state index in [-0.39, 0.29) is 75.5 Å². The number of aromatic nitrogens is 6. The van der Waals surface area contributed by atoms with Gasteiger partial charge >= 0.3 is 0 Å². The first kappa shape index (κ1) is 37.6. The van der Waals surface area contributed by atoms with Gasteiger partial charge in [-0.15, -0.1) is 35.0 Å². The number of rotatable bonds is 5. The number of anilines is 2. The van der Waals surface area contributed by atoms with Gasteiger partial charge in [0.1, 0.15) is 18.1 Å². The van der Waals surface area contributed by atoms with Gasteiger partial charge in [-0.1, -0.05) is 11.3 Å². The molecule has 0 amide bonds. The van der Waals surface area contributed by atoms with Crippen LogP contribution < -0.4 is 25.4 Å². The molecular weight excluding hydrogens is 773 g/mol. The molecule has 2 saturated heterocycles. The van der Waals surface area contributed by atoms with E-state index in [1.165, 1.54) is 16.6 Å². The second-order valence-electron chi connectivity index (χ2n) is 14.9. The maximum Gasteiger partial charge on any atom is 0.235 e. The standard InChI is InChI=1S/C37H38F2N10O3S.2ClH/c1-20-19-52-34-30-23(15-27(39)31(34)46-12-8-44(3)9-13-46)33(51)25(18-47(20)30)36-42-49-35(40-41-37(49)53-36)24-17-48(21-4-5-21)28-16-29(26(38)14-22(28)32(24)50)45-10-6-43(2)7-11-45;;/h14-18,20-21H,4-13,19H2,1-3H3;2*1H/t20-;;/m0../s1. The highest BCUT2D eigenvalue weighted by Gasteiger charge is 2.32. The van der Waals surface area contributed by atoms with Crippen LogP contribution in [0.5, 0.6) is 5.75 Å². The molecule has 1 atom stereocenters. The zero-order valence-corrected chi connectivity index (χ0v) is 32.9. The van der Waals surface area contributed by atoms with E-state index >= 15 is 8.78 Å². The Morgan fingerprint density at radius 1 is 0.782 bits per heavy atom. The zero-order valence-electron chi connectivity index (χ0n) is 30.5. The molecule has 1 saturated carbocycles. The van der Waals surface area contributed by atoms with Crippen molar-refractivity contribution in [3.05, 3.63) is 62.7 Å². The molecule has 4 aromatic heterocycles. The van der Waals surface area contributed by atoms with Crippen molar-refractivity contribution in [1.29, 1.82) is 0 Å². The quantitative estimate of drug-likeness (QED) is 0.235. The molecule has 2 aromatic carbocycles. The predicted molar refractivity (Wildman–Crippen MR) is 215 cm³/mol. The monoisotopic (exact) mass is 812 g/mol. The van der Waals surface area contributed by atoms with Gasteiger partial charge in [0, 0.05) is 76.2 Å². The first-order valence-electron chi connectivity index (χ1n) is 18.2. The number of benzene rings is 2. The van der Waals surface area contributed by atoms with Crippen LogP contribution >= 0.6 is 36.2 Å². The van der Waals surface area contributed by atoms with Crippen LogP contribution in [0.4, 0.5) is 20.2 Å². The molecule has 7 heterocycles. The van der Waals surface area contributed by atoms with Crippen molar-refractivity contribution in [2.24, 2.45) is 0 Å². The Hall–Kier alpha value is -4.35. The molecule has 0 unspecified atom stereocenters. The highest BCUT2D eigenvalue weighted by molar-refractivity contribution is 7.19. The summed E-state index contributed by atoms with van der Waals surface area (Å²) >= 11 is 1.16. The fourth-order valence-electron chi connectivity index (χ4n) is 8.04. The van der Waals surface area contributed by atoms with Gasteiger partial charge in [-0.05, 0) is 52.1 Å². The number of nitrogens with zero attached hydrogens (tertiary/aromatic N) is 10. The lowest BCUT2D eigenvalue weighted by atomic mass is 10.1. The number of hydrogen-bond acceptors (Lipinski definition) is 11. The lowest BCUT2D eigenvalue weighted by Gasteiger charge is -2.37. The summed E-state index contributed by atoms with van der Waals surface area (Å²) in [5, 5.41) is 14.3. The second kappa shape index (κ2) is 14.0. The summed E-state index contributed by atoms with van der Waals surface area (Å²) in [6.45, 7) is 8.28. The van der Waals surface area contributed by atoms with Crippen LogP contribution in [0.25, 0.3) is 48.7 Å². The Morgan fingerprint density at radius 2 is 1.42 bits per heavy atom. The molecule has 0 bridgehead atoms. The lowest BCUT2D eigenvalue weighted by molar-refractivity contribution is 0.245. The fourth-order valence-corrected chi connectivity index (χ4v) is 8.89. The van der Waals surface area contributed by atoms with Crippen LogP contribution in [0.15, 0.2) is 40.2 Å². The van der Waals surface area contributed by atoms with Gasteiger partial charge in [0.05, 0.1) is 39.3 Å². The Labute approximate surface area is 330 Å². The maximum atomic E-state index is 16.0. The number of ether oxygens (including phenoxy) is 1. The number of likely N-dealkylation sites (N-methyl/N-ethyl adjacent to an activating group) is 2. The smallest absolute Gasteiger partial charge is 0.235 e. The first-order chi connectivity index (χ1) is 25.6. The maximum absolute atomic E-state index is 16.0. The third kappa shape index (κ3) is 6.04. The normalized spacial score (nSPS) is 19.2. The van der Waals surface area contributed by atoms with Crippen molar-refractivity contribution in [2.75, 3.05) is 82.9 Å². The summed E-state index contributed by atoms with van der Waals surface area (Å²) in [5.41, 5.74) is 1.95. The van der Waals surface area contributed by atoms with Crippen LogP contribution in [0.2, 0.25) is 0 Å². The van der Waals surface area contributed by atoms with Crippen molar-refractivity contribution >= 4 is 74.3 Å². The number of hydrogen-bond donors (Lipinski definition) is 0. The number of fused-ring (bicyclic) bond motifs is 2. The average molecular weight is 814 g/mol. The van der Waals surface area contributed by atoms with Gasteiger partial charge in [-0.3, -0.25) is 9.59 Å². The molecule has 3 aliphatic heterocycles. The molecule has 3 fully saturated rings. The van der Waals surface area contributed by atoms with Crippen LogP contribution in [0, 0.1) is 11.6 Å². The van der Waals surface area contributed by atoms with Crippen molar-refractivity contribution in [1.82, 2.24) is 38.7 Å². The summed E-state index contributed by atoms with van der Waals surface area (Å²) in [7, 11) is 4.10. The van der Waals surface area contributed by atoms with Gasteiger partial charge in [0.2, 0.25) is 10.4 Å². The Morgan fingerprint density at radius 3 is 2.11 bits per heavy atom. The summed E-state index contributed by atoms with van der Waals surface area (Å²) in [6, 6.07) is 4.54. The molecule has 1 aliphatic carbocycles. The van der Waals surface area contributed by atoms with E-state index in [2.05, 4.69) is 31.6 Å². The van der Waals surface area contributed by atoms with Crippen molar-refractivity contribution in [3.63, 3.8) is 0 Å². The Balaban J connectivity index is 0.00000214. The molecule has 4 aliphatic rings. The molecule has 0 spiro atoms. The highest BCUT2D eigenvalue weighted by Crippen LogP contribution is 2.43. The molecule has 10 rings (SSSR count). The van der Waals surface area contributed by atoms with Crippen LogP contribution in [0.3, 0.4) is 0 Å². The summed E-state index contributed by atoms with van der Waals surface area (Å²) in [6.07, 6.45) is 5.47. The molecule has 6 aromatic rings. The molecule has 55 heavy (non-hydrogen) atoms. The van der Waals surface area contributed by atoms with Gasteiger partial charge < -0.3 is 33.5 Å². The Bertz CT molecular complexity index is 2610. The molecule has 13 nitrogen and oxygen atoms in total. The third-order valence-electron chi connectivity index (χ3n) is 11.3. The molecule has 290 valence electrons. The summed E-state index contributed by atoms with van der Waals surface area (Å²) in [5.74, 6) is -0.330. The number of piperazine rings is 2. The fraction of sp³-hybridized carbons (Fsp3) is 0.432. The molecular formula is C37H40Cl2F2N10O3S. The van der Waals surface area contributed by atoms with Gasteiger partial charge in [-0.25, -0.2) is 8.78 Å². The van der Waals surface area contributed by atoms with E-state index < -0.39 is 11.6 Å². The SMILES string of the molecule is C[C@H]1COc2c(N3CCN(C)CC3)c(F)cc3c(=O)c(-c4nn5c(-c6cn(C7CC7)c7cc(N8CCN(C)CC8)c(F)cc7c6=O)nnc5s4)cn1c23.Cl.Cl. The minimum atomic E-state index is -0.497. The van der Waals surface area contributed by atoms with E-state index in [9.17, 15) is 9.59 Å². The van der Waals surface area contributed by atoms with E-state index in [1.807, 2.05) is 34.4 Å². The minimum absolute atomic E-state index is 0. The first-order valence-corrected chi connectivity index (χ1v) is 19.0. The van der Waals surface area contributed by atoms with E-state index in [0.717, 1.165) is 50.4 Å². The minimum Gasteiger partial charge on any atom is -0.487 e. The van der Waals surface area contributed by atoms with Gasteiger partial charge in [-0.2, -0.15) is 9.61 Å². The molecule has 18 heteroatoms. The topological polar surface area (TPSA) is 109 Å². The molecule has 0 radical (unpaired) electrons. The predicted octanol–water partition coefficient (Wildman–Crippen LogP) is 5.06. The van der Waals surface area contributed by atoms with Crippen LogP contribution in [-0.4, -0.2) is 112 Å². The van der Waals surface area contributed by atoms with Crippen molar-refractivity contribution in [3.8, 4) is 27.7 Å². The molecule has 0 N–H and O–H groups in total. The highest BCUT2D eigenvalue weighted by atomic mass is 35.5. The number of pyridine rings is 2. The number of halogens is 4. The van der Waals surface area contributed by atoms with Crippen LogP contribution in [-0.2, 0) is 0 Å². The third-order valence-corrected chi connectivity index (χ3v) is 12.2. The zero-order chi connectivity index (χ0) is 36.3. The Kier molecular flexibility index (Phi) is 9.56. The lowest BCUT2D eigenvalue weighted by Crippen LogP contribution is -2.45. The van der Waals surface area contributed by atoms with Crippen LogP contribution in [0.1, 0.15) is 31.8 Å². The average Bonchev–Trinajstić information content (AvgIpc) is 3.79. The second-order valence-corrected chi connectivity index (χ2v) is 15.9. The van der Waals surface area contributed by atoms with Gasteiger partial charge in [0.15, 0.2) is 27.8 Å². The van der Waals surface area contributed by atoms with E-state index in [0.29, 0.717) is 70.9 Å². The summed E-state index contributed by atoms with van der Waals surface area (Å²) < 4.78 is 43.4. The van der Waals surface area contributed by atoms with E-state index in [1.54, 1.807) is 12.4 Å². The largest absolute Gasteiger partial charge is 0.487 e. The van der Waals surface area contributed by atoms with Crippen molar-refractivity contribution < 1.29 is 13.5 Å². The van der Waals surface area contributed by atoms with Gasteiger partial charge in [0.25, 0.3) is 0 Å². The van der Waals surface area contributed by atoms with E-state index in [4.69, 9.17) is 9.84 Å². The summed E-state index contributed by atoms with van der Waals surface area (Å²) in [4.78, 5) is 37.2. The van der Waals surface area contributed by atoms with Crippen molar-refractivity contribution in [2.45, 2.75) is 31.8 Å².